The maximum Gasteiger partial charge on any atom is 0.321 e. The van der Waals surface area contributed by atoms with E-state index in [1.54, 1.807) is 28.6 Å². The highest BCUT2D eigenvalue weighted by Crippen LogP contribution is 2.22. The minimum Gasteiger partial charge on any atom is -0.336 e. The van der Waals surface area contributed by atoms with Gasteiger partial charge in [0.25, 0.3) is 0 Å². The Hall–Kier alpha value is -3.20. The van der Waals surface area contributed by atoms with E-state index in [0.29, 0.717) is 48.4 Å². The Morgan fingerprint density at radius 2 is 1.83 bits per heavy atom. The van der Waals surface area contributed by atoms with Crippen LogP contribution < -0.4 is 10.2 Å². The van der Waals surface area contributed by atoms with Crippen LogP contribution >= 0.6 is 11.6 Å². The molecule has 4 rings (SSSR count). The predicted molar refractivity (Wildman–Crippen MR) is 113 cm³/mol. The molecule has 1 aromatic heterocycles. The Bertz CT molecular complexity index is 1080. The monoisotopic (exact) mass is 429 g/mol. The third-order valence-electron chi connectivity index (χ3n) is 5.11. The molecule has 1 fully saturated rings. The van der Waals surface area contributed by atoms with Crippen LogP contribution in [0.5, 0.6) is 0 Å². The van der Waals surface area contributed by atoms with Gasteiger partial charge in [-0.2, -0.15) is 4.68 Å². The molecule has 0 spiro atoms. The van der Waals surface area contributed by atoms with Crippen molar-refractivity contribution in [2.75, 3.05) is 36.4 Å². The highest BCUT2D eigenvalue weighted by molar-refractivity contribution is 6.31. The number of tetrazole rings is 1. The molecule has 1 saturated heterocycles. The first kappa shape index (κ1) is 20.1. The molecular formula is C20H21ClFN7O. The number of piperazine rings is 1. The van der Waals surface area contributed by atoms with Crippen molar-refractivity contribution in [2.24, 2.45) is 0 Å². The first-order valence-corrected chi connectivity index (χ1v) is 9.92. The standard InChI is InChI=1S/C20H21ClFN7O/c1-13-3-4-15(12-18(13)22)23-20(30)28-9-7-27(8-10-28)19-24-25-26-29(19)16-5-6-17(21)14(2)11-16/h3-6,11-12H,7-10H2,1-2H3,(H,23,30). The summed E-state index contributed by atoms with van der Waals surface area (Å²) < 4.78 is 15.4. The van der Waals surface area contributed by atoms with Gasteiger partial charge in [0, 0.05) is 36.9 Å². The number of aromatic nitrogens is 4. The molecule has 0 saturated carbocycles. The lowest BCUT2D eigenvalue weighted by atomic mass is 10.2. The molecule has 10 heteroatoms. The van der Waals surface area contributed by atoms with Crippen molar-refractivity contribution in [3.8, 4) is 5.69 Å². The largest absolute Gasteiger partial charge is 0.336 e. The van der Waals surface area contributed by atoms with Crippen LogP contribution in [0, 0.1) is 19.7 Å². The van der Waals surface area contributed by atoms with Gasteiger partial charge in [0.2, 0.25) is 5.95 Å². The fourth-order valence-corrected chi connectivity index (χ4v) is 3.41. The molecule has 0 aliphatic carbocycles. The fraction of sp³-hybridized carbons (Fsp3) is 0.300. The highest BCUT2D eigenvalue weighted by atomic mass is 35.5. The number of aryl methyl sites for hydroxylation is 2. The molecule has 156 valence electrons. The van der Waals surface area contributed by atoms with Crippen LogP contribution in [-0.4, -0.2) is 57.3 Å². The molecule has 2 heterocycles. The molecule has 1 N–H and O–H groups in total. The van der Waals surface area contributed by atoms with E-state index >= 15 is 0 Å². The van der Waals surface area contributed by atoms with Crippen molar-refractivity contribution in [1.29, 1.82) is 0 Å². The quantitative estimate of drug-likeness (QED) is 0.690. The maximum absolute atomic E-state index is 13.7. The normalized spacial score (nSPS) is 14.1. The van der Waals surface area contributed by atoms with Crippen LogP contribution in [0.4, 0.5) is 20.8 Å². The van der Waals surface area contributed by atoms with Crippen molar-refractivity contribution in [3.63, 3.8) is 0 Å². The molecule has 0 unspecified atom stereocenters. The summed E-state index contributed by atoms with van der Waals surface area (Å²) in [5.41, 5.74) is 2.73. The van der Waals surface area contributed by atoms with E-state index in [4.69, 9.17) is 11.6 Å². The van der Waals surface area contributed by atoms with E-state index < -0.39 is 0 Å². The first-order valence-electron chi connectivity index (χ1n) is 9.54. The zero-order valence-electron chi connectivity index (χ0n) is 16.6. The summed E-state index contributed by atoms with van der Waals surface area (Å²) in [4.78, 5) is 16.2. The summed E-state index contributed by atoms with van der Waals surface area (Å²) in [6.07, 6.45) is 0. The summed E-state index contributed by atoms with van der Waals surface area (Å²) in [6.45, 7) is 5.73. The Morgan fingerprint density at radius 3 is 2.53 bits per heavy atom. The number of halogens is 2. The Labute approximate surface area is 178 Å². The predicted octanol–water partition coefficient (Wildman–Crippen LogP) is 3.43. The summed E-state index contributed by atoms with van der Waals surface area (Å²) in [5.74, 6) is 0.263. The molecule has 2 aromatic carbocycles. The minimum absolute atomic E-state index is 0.258. The van der Waals surface area contributed by atoms with E-state index in [2.05, 4.69) is 20.8 Å². The number of carbonyl (C=O) groups excluding carboxylic acids is 1. The lowest BCUT2D eigenvalue weighted by Gasteiger charge is -2.34. The number of urea groups is 1. The average molecular weight is 430 g/mol. The first-order chi connectivity index (χ1) is 14.4. The Kier molecular flexibility index (Phi) is 5.54. The average Bonchev–Trinajstić information content (AvgIpc) is 3.23. The second kappa shape index (κ2) is 8.27. The topological polar surface area (TPSA) is 79.2 Å². The van der Waals surface area contributed by atoms with Crippen molar-refractivity contribution < 1.29 is 9.18 Å². The van der Waals surface area contributed by atoms with Gasteiger partial charge in [-0.25, -0.2) is 9.18 Å². The zero-order chi connectivity index (χ0) is 21.3. The van der Waals surface area contributed by atoms with Gasteiger partial charge in [-0.3, -0.25) is 0 Å². The highest BCUT2D eigenvalue weighted by Gasteiger charge is 2.25. The molecule has 3 aromatic rings. The SMILES string of the molecule is Cc1ccc(NC(=O)N2CCN(c3nnnn3-c3ccc(Cl)c(C)c3)CC2)cc1F. The summed E-state index contributed by atoms with van der Waals surface area (Å²) >= 11 is 6.12. The number of amides is 2. The molecule has 2 amide bonds. The van der Waals surface area contributed by atoms with Gasteiger partial charge in [-0.15, -0.1) is 0 Å². The Morgan fingerprint density at radius 1 is 1.07 bits per heavy atom. The summed E-state index contributed by atoms with van der Waals surface area (Å²) in [5, 5.41) is 15.5. The minimum atomic E-state index is -0.345. The number of anilines is 2. The number of nitrogens with zero attached hydrogens (tertiary/aromatic N) is 6. The van der Waals surface area contributed by atoms with Crippen molar-refractivity contribution in [3.05, 3.63) is 58.4 Å². The summed E-state index contributed by atoms with van der Waals surface area (Å²) in [7, 11) is 0. The van der Waals surface area contributed by atoms with Crippen LogP contribution in [0.3, 0.4) is 0 Å². The maximum atomic E-state index is 13.7. The van der Waals surface area contributed by atoms with Crippen LogP contribution in [0.15, 0.2) is 36.4 Å². The number of benzene rings is 2. The molecular weight excluding hydrogens is 409 g/mol. The van der Waals surface area contributed by atoms with Gasteiger partial charge in [0.05, 0.1) is 5.69 Å². The van der Waals surface area contributed by atoms with Crippen molar-refractivity contribution in [1.82, 2.24) is 25.1 Å². The number of hydrogen-bond acceptors (Lipinski definition) is 5. The molecule has 0 atom stereocenters. The molecule has 30 heavy (non-hydrogen) atoms. The number of nitrogens with one attached hydrogen (secondary N) is 1. The van der Waals surface area contributed by atoms with Gasteiger partial charge in [-0.1, -0.05) is 22.8 Å². The third kappa shape index (κ3) is 4.06. The second-order valence-corrected chi connectivity index (χ2v) is 7.60. The van der Waals surface area contributed by atoms with E-state index in [1.165, 1.54) is 6.07 Å². The molecule has 0 radical (unpaired) electrons. The molecule has 0 bridgehead atoms. The van der Waals surface area contributed by atoms with Crippen LogP contribution in [0.25, 0.3) is 5.69 Å². The molecule has 1 aliphatic heterocycles. The smallest absolute Gasteiger partial charge is 0.321 e. The third-order valence-corrected chi connectivity index (χ3v) is 5.54. The molecule has 8 nitrogen and oxygen atoms in total. The molecule has 1 aliphatic rings. The zero-order valence-corrected chi connectivity index (χ0v) is 17.4. The van der Waals surface area contributed by atoms with E-state index in [-0.39, 0.29) is 11.8 Å². The Balaban J connectivity index is 1.41. The number of hydrogen-bond donors (Lipinski definition) is 1. The van der Waals surface area contributed by atoms with Gasteiger partial charge in [-0.05, 0) is 65.7 Å². The van der Waals surface area contributed by atoms with Crippen molar-refractivity contribution >= 4 is 29.3 Å². The van der Waals surface area contributed by atoms with Crippen LogP contribution in [0.2, 0.25) is 5.02 Å². The lowest BCUT2D eigenvalue weighted by Crippen LogP contribution is -2.50. The van der Waals surface area contributed by atoms with Gasteiger partial charge in [0.15, 0.2) is 0 Å². The van der Waals surface area contributed by atoms with Crippen molar-refractivity contribution in [2.45, 2.75) is 13.8 Å². The van der Waals surface area contributed by atoms with E-state index in [1.807, 2.05) is 30.0 Å². The lowest BCUT2D eigenvalue weighted by molar-refractivity contribution is 0.208. The van der Waals surface area contributed by atoms with Crippen LogP contribution in [0.1, 0.15) is 11.1 Å². The second-order valence-electron chi connectivity index (χ2n) is 7.19. The van der Waals surface area contributed by atoms with E-state index in [9.17, 15) is 9.18 Å². The van der Waals surface area contributed by atoms with Gasteiger partial charge >= 0.3 is 6.03 Å². The van der Waals surface area contributed by atoms with Gasteiger partial charge < -0.3 is 15.1 Å². The fourth-order valence-electron chi connectivity index (χ4n) is 3.29. The number of carbonyl (C=O) groups is 1. The van der Waals surface area contributed by atoms with Crippen LogP contribution in [-0.2, 0) is 0 Å². The van der Waals surface area contributed by atoms with E-state index in [0.717, 1.165) is 11.3 Å². The number of rotatable bonds is 3. The summed E-state index contributed by atoms with van der Waals surface area (Å²) in [6, 6.07) is 9.99. The van der Waals surface area contributed by atoms with Gasteiger partial charge in [0.1, 0.15) is 5.82 Å².